The second-order valence-corrected chi connectivity index (χ2v) is 0. The number of hydrogen-bond donors (Lipinski definition) is 0. The van der Waals surface area contributed by atoms with E-state index in [1.807, 2.05) is 0 Å². The van der Waals surface area contributed by atoms with Crippen LogP contribution in [0, 0.1) is 59.4 Å². The fraction of sp³-hybridized carbons (Fsp3) is 0. The van der Waals surface area contributed by atoms with Crippen molar-refractivity contribution in [2.75, 3.05) is 0 Å². The van der Waals surface area contributed by atoms with Gasteiger partial charge in [-0.2, -0.15) is 39.6 Å². The Hall–Kier alpha value is 2.99. The fourth-order valence-electron chi connectivity index (χ4n) is 0. The van der Waals surface area contributed by atoms with Crippen molar-refractivity contribution < 1.29 is 39.6 Å². The van der Waals surface area contributed by atoms with Crippen molar-refractivity contribution in [2.24, 2.45) is 0 Å². The van der Waals surface area contributed by atoms with Crippen LogP contribution in [0.2, 0.25) is 0 Å². The zero-order valence-corrected chi connectivity index (χ0v) is 22.3. The van der Waals surface area contributed by atoms with Gasteiger partial charge in [-0.15, -0.1) is 0 Å². The summed E-state index contributed by atoms with van der Waals surface area (Å²) in [5.41, 5.74) is 0. The maximum atomic E-state index is 0. The Morgan fingerprint density at radius 3 is 0.214 bits per heavy atom. The normalized spacial score (nSPS) is 0. The van der Waals surface area contributed by atoms with Gasteiger partial charge in [0.2, 0.25) is 0 Å². The summed E-state index contributed by atoms with van der Waals surface area (Å²) < 4.78 is 0. The van der Waals surface area contributed by atoms with Gasteiger partial charge in [0.1, 0.15) is 0 Å². The molecule has 0 saturated carbocycles. The number of hydrogen-bond acceptors (Lipinski definition) is 0. The summed E-state index contributed by atoms with van der Waals surface area (Å²) in [5.74, 6) is 0. The fourth-order valence-corrected chi connectivity index (χ4v) is 0. The molecule has 0 radical (unpaired) electrons. The van der Waals surface area contributed by atoms with Crippen LogP contribution in [-0.2, 0) is 39.6 Å². The van der Waals surface area contributed by atoms with Gasteiger partial charge < -0.3 is 59.4 Å². The molecule has 4 atom stereocenters. The molecule has 0 nitrogen and oxygen atoms in total. The molecule has 0 saturated heterocycles. The maximum Gasteiger partial charge on any atom is 4.00 e. The van der Waals surface area contributed by atoms with Gasteiger partial charge in [-0.25, -0.2) is 0 Å². The van der Waals surface area contributed by atoms with Gasteiger partial charge in [0.05, 0.1) is 0 Å². The van der Waals surface area contributed by atoms with Gasteiger partial charge in [-0.05, 0) is 0 Å². The van der Waals surface area contributed by atoms with Crippen LogP contribution in [-0.4, -0.2) is 0 Å². The molecule has 6 heteroatoms. The quantitative estimate of drug-likeness (QED) is 0.280. The molecule has 0 amide bonds. The SMILES string of the molecule is P.P.P.P.[CH3-].[CH3-].[CH3-].[CH3-].[CH3-].[CH3-].[CH3-].[CH3-].[Os+4].[Os+4]. The summed E-state index contributed by atoms with van der Waals surface area (Å²) >= 11 is 0. The van der Waals surface area contributed by atoms with Gasteiger partial charge in [-0.3, -0.25) is 0 Å². The molecule has 0 N–H and O–H groups in total. The van der Waals surface area contributed by atoms with Crippen LogP contribution in [0.4, 0.5) is 0 Å². The van der Waals surface area contributed by atoms with Crippen molar-refractivity contribution in [1.29, 1.82) is 0 Å². The van der Waals surface area contributed by atoms with Crippen molar-refractivity contribution in [3.63, 3.8) is 0 Å². The smallest absolute Gasteiger partial charge is 0.358 e. The van der Waals surface area contributed by atoms with E-state index in [0.29, 0.717) is 0 Å². The summed E-state index contributed by atoms with van der Waals surface area (Å²) in [6, 6.07) is 0. The third-order valence-electron chi connectivity index (χ3n) is 0. The first-order valence-electron chi connectivity index (χ1n) is 0. The minimum atomic E-state index is 0. The first-order chi connectivity index (χ1) is 0. The van der Waals surface area contributed by atoms with Gasteiger partial charge >= 0.3 is 39.6 Å². The van der Waals surface area contributed by atoms with Crippen LogP contribution in [0.3, 0.4) is 0 Å². The van der Waals surface area contributed by atoms with Crippen molar-refractivity contribution in [1.82, 2.24) is 0 Å². The molecule has 0 aliphatic heterocycles. The molecule has 0 aromatic heterocycles. The Morgan fingerprint density at radius 2 is 0.214 bits per heavy atom. The van der Waals surface area contributed by atoms with E-state index in [1.165, 1.54) is 0 Å². The zero-order valence-electron chi connectivity index (χ0n) is 11.5. The molecule has 0 rings (SSSR count). The average Bonchev–Trinajstić information content (AvgIpc) is 0. The number of rotatable bonds is 0. The van der Waals surface area contributed by atoms with E-state index in [1.54, 1.807) is 0 Å². The molecule has 104 valence electrons. The molecular formula is C8H36Os2P4. The van der Waals surface area contributed by atoms with E-state index < -0.39 is 0 Å². The molecule has 0 aromatic rings. The summed E-state index contributed by atoms with van der Waals surface area (Å²) in [6.07, 6.45) is 0. The Bertz CT molecular complexity index is 19.3. The van der Waals surface area contributed by atoms with E-state index in [2.05, 4.69) is 0 Å². The predicted octanol–water partition coefficient (Wildman–Crippen LogP) is 3.83. The third kappa shape index (κ3) is 328. The topological polar surface area (TPSA) is 0 Å². The van der Waals surface area contributed by atoms with Crippen LogP contribution < -0.4 is 0 Å². The zero-order chi connectivity index (χ0) is 0. The minimum Gasteiger partial charge on any atom is -0.358 e. The van der Waals surface area contributed by atoms with Gasteiger partial charge in [0.25, 0.3) is 0 Å². The monoisotopic (exact) mass is 640 g/mol. The van der Waals surface area contributed by atoms with Gasteiger partial charge in [0.15, 0.2) is 0 Å². The van der Waals surface area contributed by atoms with Crippen LogP contribution in [0.15, 0.2) is 0 Å². The summed E-state index contributed by atoms with van der Waals surface area (Å²) in [5, 5.41) is 0. The Kier molecular flexibility index (Phi) is 13900. The molecule has 0 aliphatic rings. The van der Waals surface area contributed by atoms with Crippen LogP contribution in [0.25, 0.3) is 0 Å². The van der Waals surface area contributed by atoms with Crippen molar-refractivity contribution in [2.45, 2.75) is 0 Å². The van der Waals surface area contributed by atoms with Gasteiger partial charge in [-0.1, -0.05) is 0 Å². The standard InChI is InChI=1S/8CH3.2Os.4H3P/h8*1H3;;;4*1H3/q8*-1;2*+4;;;;. The Balaban J connectivity index is 0. The molecule has 0 heterocycles. The van der Waals surface area contributed by atoms with Crippen LogP contribution in [0.1, 0.15) is 0 Å². The summed E-state index contributed by atoms with van der Waals surface area (Å²) in [7, 11) is 0. The van der Waals surface area contributed by atoms with E-state index in [4.69, 9.17) is 0 Å². The predicted molar refractivity (Wildman–Crippen MR) is 95.7 cm³/mol. The first-order valence-corrected chi connectivity index (χ1v) is 0. The summed E-state index contributed by atoms with van der Waals surface area (Å²) in [6.45, 7) is 0. The molecule has 0 bridgehead atoms. The average molecular weight is 637 g/mol. The van der Waals surface area contributed by atoms with Crippen LogP contribution in [0.5, 0.6) is 0 Å². The summed E-state index contributed by atoms with van der Waals surface area (Å²) in [4.78, 5) is 0. The first kappa shape index (κ1) is 485. The Morgan fingerprint density at radius 1 is 0.214 bits per heavy atom. The molecule has 0 spiro atoms. The van der Waals surface area contributed by atoms with E-state index in [9.17, 15) is 0 Å². The van der Waals surface area contributed by atoms with Crippen LogP contribution >= 0.6 is 39.6 Å². The van der Waals surface area contributed by atoms with E-state index in [-0.39, 0.29) is 139 Å². The second-order valence-electron chi connectivity index (χ2n) is 0. The third-order valence-corrected chi connectivity index (χ3v) is 0. The molecular weight excluding hydrogens is 600 g/mol. The molecule has 4 unspecified atom stereocenters. The maximum absolute atomic E-state index is 0. The van der Waals surface area contributed by atoms with Crippen molar-refractivity contribution in [3.05, 3.63) is 59.4 Å². The van der Waals surface area contributed by atoms with Crippen molar-refractivity contribution in [3.8, 4) is 0 Å². The Labute approximate surface area is 138 Å². The largest absolute Gasteiger partial charge is 4.00 e. The second kappa shape index (κ2) is 401. The molecule has 0 aromatic carbocycles. The van der Waals surface area contributed by atoms with E-state index >= 15 is 0 Å². The molecule has 14 heavy (non-hydrogen) atoms. The minimum absolute atomic E-state index is 0. The van der Waals surface area contributed by atoms with Gasteiger partial charge in [0, 0.05) is 0 Å². The molecule has 0 fully saturated rings. The van der Waals surface area contributed by atoms with E-state index in [0.717, 1.165) is 0 Å². The molecule has 0 aliphatic carbocycles. The van der Waals surface area contributed by atoms with Crippen molar-refractivity contribution >= 4 is 39.6 Å².